The maximum atomic E-state index is 13.7. The Hall–Kier alpha value is -3.54. The Kier molecular flexibility index (Phi) is 6.79. The van der Waals surface area contributed by atoms with Crippen LogP contribution in [0, 0.1) is 6.92 Å². The molecule has 10 heteroatoms. The normalized spacial score (nSPS) is 29.8. The van der Waals surface area contributed by atoms with E-state index in [2.05, 4.69) is 0 Å². The zero-order valence-corrected chi connectivity index (χ0v) is 22.8. The molecule has 7 atom stereocenters. The summed E-state index contributed by atoms with van der Waals surface area (Å²) in [5, 5.41) is 54.1. The Morgan fingerprint density at radius 3 is 2.27 bits per heavy atom. The predicted molar refractivity (Wildman–Crippen MR) is 145 cm³/mol. The van der Waals surface area contributed by atoms with Crippen LogP contribution in [0.4, 0.5) is 0 Å². The first-order valence-electron chi connectivity index (χ1n) is 13.7. The number of ketones is 2. The van der Waals surface area contributed by atoms with Crippen LogP contribution in [-0.4, -0.2) is 73.9 Å². The summed E-state index contributed by atoms with van der Waals surface area (Å²) in [7, 11) is 0. The van der Waals surface area contributed by atoms with E-state index in [-0.39, 0.29) is 50.8 Å². The third kappa shape index (κ3) is 4.47. The zero-order valence-electron chi connectivity index (χ0n) is 22.8. The van der Waals surface area contributed by atoms with Gasteiger partial charge in [-0.3, -0.25) is 9.59 Å². The van der Waals surface area contributed by atoms with Crippen molar-refractivity contribution in [2.24, 2.45) is 0 Å². The molecule has 2 heterocycles. The van der Waals surface area contributed by atoms with E-state index in [0.717, 1.165) is 0 Å². The summed E-state index contributed by atoms with van der Waals surface area (Å²) in [5.74, 6) is -2.29. The van der Waals surface area contributed by atoms with Crippen molar-refractivity contribution in [3.05, 3.63) is 63.7 Å². The highest BCUT2D eigenvalue weighted by atomic mass is 16.7. The number of phenolic OH excluding ortho intramolecular Hbond substituents is 3. The highest BCUT2D eigenvalue weighted by molar-refractivity contribution is 6.32. The van der Waals surface area contributed by atoms with Gasteiger partial charge in [0.15, 0.2) is 17.9 Å². The number of phenols is 3. The SMILES string of the molecule is Cc1cc(O)c2cc3c(c(O)c2c1)C(=O)c1ccc([C@@H]2C[C@@H](O[C@H]4CC[C@@H](O)[C@@H](C)O4)[C@@H](O)[C@@H](C)O2)c(O)c1C3=O. The van der Waals surface area contributed by atoms with Gasteiger partial charge in [0.1, 0.15) is 23.4 Å². The van der Waals surface area contributed by atoms with E-state index in [1.807, 2.05) is 0 Å². The summed E-state index contributed by atoms with van der Waals surface area (Å²) >= 11 is 0. The number of aliphatic hydroxyl groups excluding tert-OH is 2. The first kappa shape index (κ1) is 27.6. The number of rotatable bonds is 3. The molecular weight excluding hydrogens is 532 g/mol. The maximum Gasteiger partial charge on any atom is 0.198 e. The lowest BCUT2D eigenvalue weighted by molar-refractivity contribution is -0.272. The minimum atomic E-state index is -0.987. The molecule has 0 saturated carbocycles. The van der Waals surface area contributed by atoms with Crippen molar-refractivity contribution in [1.82, 2.24) is 0 Å². The van der Waals surface area contributed by atoms with E-state index < -0.39 is 66.0 Å². The molecule has 216 valence electrons. The molecule has 6 rings (SSSR count). The second-order valence-electron chi connectivity index (χ2n) is 11.3. The molecule has 0 bridgehead atoms. The highest BCUT2D eigenvalue weighted by Gasteiger charge is 2.42. The van der Waals surface area contributed by atoms with Crippen LogP contribution in [-0.2, 0) is 14.2 Å². The number of carbonyl (C=O) groups excluding carboxylic acids is 2. The van der Waals surface area contributed by atoms with Crippen molar-refractivity contribution in [3.8, 4) is 17.2 Å². The number of aromatic hydroxyl groups is 3. The quantitative estimate of drug-likeness (QED) is 0.249. The molecule has 3 aromatic rings. The first-order chi connectivity index (χ1) is 19.5. The maximum absolute atomic E-state index is 13.7. The Morgan fingerprint density at radius 2 is 1.54 bits per heavy atom. The fraction of sp³-hybridized carbons (Fsp3) is 0.419. The Bertz CT molecular complexity index is 1580. The number of benzene rings is 3. The Balaban J connectivity index is 1.35. The van der Waals surface area contributed by atoms with Crippen LogP contribution >= 0.6 is 0 Å². The van der Waals surface area contributed by atoms with Crippen molar-refractivity contribution < 1.29 is 49.3 Å². The lowest BCUT2D eigenvalue weighted by Crippen LogP contribution is -2.48. The molecule has 0 spiro atoms. The minimum absolute atomic E-state index is 0.0601. The van der Waals surface area contributed by atoms with E-state index >= 15 is 0 Å². The van der Waals surface area contributed by atoms with Crippen LogP contribution in [0.3, 0.4) is 0 Å². The van der Waals surface area contributed by atoms with Gasteiger partial charge in [-0.25, -0.2) is 0 Å². The second kappa shape index (κ2) is 10.1. The van der Waals surface area contributed by atoms with Crippen molar-refractivity contribution >= 4 is 22.3 Å². The van der Waals surface area contributed by atoms with Crippen LogP contribution in [0.5, 0.6) is 17.2 Å². The van der Waals surface area contributed by atoms with E-state index in [1.54, 1.807) is 26.8 Å². The largest absolute Gasteiger partial charge is 0.507 e. The molecule has 10 nitrogen and oxygen atoms in total. The number of hydrogen-bond donors (Lipinski definition) is 5. The zero-order chi connectivity index (χ0) is 29.3. The third-order valence-electron chi connectivity index (χ3n) is 8.47. The molecule has 0 unspecified atom stereocenters. The van der Waals surface area contributed by atoms with Gasteiger partial charge in [-0.05, 0) is 57.0 Å². The predicted octanol–water partition coefficient (Wildman–Crippen LogP) is 3.52. The van der Waals surface area contributed by atoms with Gasteiger partial charge in [0.2, 0.25) is 0 Å². The van der Waals surface area contributed by atoms with E-state index in [0.29, 0.717) is 18.4 Å². The molecule has 0 aromatic heterocycles. The molecule has 0 amide bonds. The average Bonchev–Trinajstić information content (AvgIpc) is 2.92. The summed E-state index contributed by atoms with van der Waals surface area (Å²) in [5.41, 5.74) is 0.326. The van der Waals surface area contributed by atoms with Gasteiger partial charge in [-0.15, -0.1) is 0 Å². The monoisotopic (exact) mass is 564 g/mol. The van der Waals surface area contributed by atoms with Gasteiger partial charge in [0, 0.05) is 40.3 Å². The van der Waals surface area contributed by atoms with Crippen LogP contribution in [0.25, 0.3) is 10.8 Å². The van der Waals surface area contributed by atoms with E-state index in [9.17, 15) is 35.1 Å². The summed E-state index contributed by atoms with van der Waals surface area (Å²) in [6, 6.07) is 7.39. The van der Waals surface area contributed by atoms with Crippen LogP contribution in [0.1, 0.15) is 82.2 Å². The minimum Gasteiger partial charge on any atom is -0.507 e. The van der Waals surface area contributed by atoms with Crippen molar-refractivity contribution in [2.45, 2.75) is 82.9 Å². The number of aliphatic hydroxyl groups is 2. The number of aryl methyl sites for hydroxylation is 1. The van der Waals surface area contributed by atoms with E-state index in [1.165, 1.54) is 24.3 Å². The fourth-order valence-electron chi connectivity index (χ4n) is 6.19. The number of hydrogen-bond acceptors (Lipinski definition) is 10. The van der Waals surface area contributed by atoms with Crippen molar-refractivity contribution in [1.29, 1.82) is 0 Å². The number of ether oxygens (including phenoxy) is 3. The van der Waals surface area contributed by atoms with Gasteiger partial charge in [0.25, 0.3) is 0 Å². The third-order valence-corrected chi connectivity index (χ3v) is 8.47. The lowest BCUT2D eigenvalue weighted by Gasteiger charge is -2.41. The van der Waals surface area contributed by atoms with Gasteiger partial charge < -0.3 is 39.7 Å². The van der Waals surface area contributed by atoms with Crippen LogP contribution in [0.2, 0.25) is 0 Å². The molecule has 1 aliphatic carbocycles. The van der Waals surface area contributed by atoms with Crippen LogP contribution in [0.15, 0.2) is 30.3 Å². The standard InChI is InChI=1S/C31H32O10/c1-12-8-18-17(21(33)9-12)10-19-26(30(18)37)29(36)16-5-4-15(28(35)25(16)31(19)38)22-11-23(27(34)14(3)39-22)41-24-7-6-20(32)13(2)40-24/h4-5,8-10,13-14,20,22-24,27,32-35,37H,6-7,11H2,1-3H3/t13-,14-,20-,22+,23-,24+,27+/m1/s1. The number of fused-ring (bicyclic) bond motifs is 3. The summed E-state index contributed by atoms with van der Waals surface area (Å²) in [4.78, 5) is 27.3. The molecule has 2 fully saturated rings. The number of carbonyl (C=O) groups is 2. The lowest BCUT2D eigenvalue weighted by atomic mass is 9.79. The Labute approximate surface area is 235 Å². The summed E-state index contributed by atoms with van der Waals surface area (Å²) < 4.78 is 17.8. The van der Waals surface area contributed by atoms with Crippen molar-refractivity contribution in [3.63, 3.8) is 0 Å². The highest BCUT2D eigenvalue weighted by Crippen LogP contribution is 2.46. The molecule has 3 aromatic carbocycles. The molecular formula is C31H32O10. The second-order valence-corrected chi connectivity index (χ2v) is 11.3. The summed E-state index contributed by atoms with van der Waals surface area (Å²) in [6.45, 7) is 5.15. The average molecular weight is 565 g/mol. The first-order valence-corrected chi connectivity index (χ1v) is 13.7. The smallest absolute Gasteiger partial charge is 0.198 e. The molecule has 2 aliphatic heterocycles. The molecule has 5 N–H and O–H groups in total. The van der Waals surface area contributed by atoms with Gasteiger partial charge in [-0.1, -0.05) is 6.07 Å². The molecule has 2 saturated heterocycles. The topological polar surface area (TPSA) is 163 Å². The van der Waals surface area contributed by atoms with Gasteiger partial charge >= 0.3 is 0 Å². The van der Waals surface area contributed by atoms with E-state index in [4.69, 9.17) is 14.2 Å². The molecule has 0 radical (unpaired) electrons. The van der Waals surface area contributed by atoms with Crippen molar-refractivity contribution in [2.75, 3.05) is 0 Å². The fourth-order valence-corrected chi connectivity index (χ4v) is 6.19. The Morgan fingerprint density at radius 1 is 0.829 bits per heavy atom. The van der Waals surface area contributed by atoms with Crippen LogP contribution < -0.4 is 0 Å². The van der Waals surface area contributed by atoms with Gasteiger partial charge in [-0.2, -0.15) is 0 Å². The molecule has 3 aliphatic rings. The molecule has 41 heavy (non-hydrogen) atoms. The van der Waals surface area contributed by atoms with Gasteiger partial charge in [0.05, 0.1) is 41.6 Å². The summed E-state index contributed by atoms with van der Waals surface area (Å²) in [6.07, 6.45) is -3.74.